The van der Waals surface area contributed by atoms with Crippen LogP contribution in [0.1, 0.15) is 0 Å². The van der Waals surface area contributed by atoms with Crippen LogP contribution in [0.3, 0.4) is 0 Å². The van der Waals surface area contributed by atoms with Gasteiger partial charge in [-0.25, -0.2) is 0 Å². The lowest BCUT2D eigenvalue weighted by Crippen LogP contribution is -2.55. The van der Waals surface area contributed by atoms with E-state index in [0.717, 1.165) is 5.02 Å². The van der Waals surface area contributed by atoms with E-state index in [2.05, 4.69) is 75.6 Å². The average molecular weight is 324 g/mol. The first-order chi connectivity index (χ1) is 11.4. The second-order valence-electron chi connectivity index (χ2n) is 6.56. The Morgan fingerprint density at radius 3 is 1.71 bits per heavy atom. The van der Waals surface area contributed by atoms with Crippen LogP contribution in [-0.4, -0.2) is 39.2 Å². The van der Waals surface area contributed by atoms with Crippen molar-refractivity contribution in [3.05, 3.63) is 53.6 Å². The highest BCUT2D eigenvalue weighted by atomic mass is 35.5. The molecular formula is C18H18B5Cl. The van der Waals surface area contributed by atoms with Crippen molar-refractivity contribution in [2.24, 2.45) is 0 Å². The fraction of sp³-hybridized carbons (Fsp3) is 0. The monoisotopic (exact) mass is 324 g/mol. The van der Waals surface area contributed by atoms with Crippen molar-refractivity contribution < 1.29 is 0 Å². The molecule has 0 aliphatic heterocycles. The van der Waals surface area contributed by atoms with Crippen LogP contribution in [0.5, 0.6) is 0 Å². The molecule has 3 rings (SSSR count). The second kappa shape index (κ2) is 6.65. The number of halogens is 1. The highest BCUT2D eigenvalue weighted by molar-refractivity contribution is 6.68. The maximum absolute atomic E-state index is 6.32. The third kappa shape index (κ3) is 2.86. The summed E-state index contributed by atoms with van der Waals surface area (Å²) in [5, 5.41) is 0.772. The largest absolute Gasteiger partial charge is 0.139 e. The molecule has 0 aliphatic rings. The van der Waals surface area contributed by atoms with E-state index < -0.39 is 0 Å². The Morgan fingerprint density at radius 2 is 1.12 bits per heavy atom. The maximum Gasteiger partial charge on any atom is 0.139 e. The van der Waals surface area contributed by atoms with Crippen LogP contribution in [0.4, 0.5) is 0 Å². The van der Waals surface area contributed by atoms with Crippen molar-refractivity contribution in [2.75, 3.05) is 0 Å². The highest BCUT2D eigenvalue weighted by Gasteiger charge is 2.16. The fourth-order valence-electron chi connectivity index (χ4n) is 3.50. The van der Waals surface area contributed by atoms with Crippen LogP contribution < -0.4 is 27.3 Å². The standard InChI is InChI=1S/C18H18B5Cl/c19-14-13(15(20)17(22)18(23)16(14)21)11-7-6-10(24)8-12(11)9-4-2-1-3-5-9/h1-8H,19-23H2. The smallest absolute Gasteiger partial charge is 0.102 e. The van der Waals surface area contributed by atoms with Gasteiger partial charge in [0.05, 0.1) is 0 Å². The molecular weight excluding hydrogens is 306 g/mol. The molecule has 0 radical (unpaired) electrons. The minimum Gasteiger partial charge on any atom is -0.102 e. The molecule has 0 saturated carbocycles. The summed E-state index contributed by atoms with van der Waals surface area (Å²) in [4.78, 5) is 0. The molecule has 0 amide bonds. The average Bonchev–Trinajstić information content (AvgIpc) is 2.60. The Balaban J connectivity index is 2.37. The van der Waals surface area contributed by atoms with Crippen LogP contribution in [0.2, 0.25) is 5.02 Å². The summed E-state index contributed by atoms with van der Waals surface area (Å²) in [6.45, 7) is 0. The second-order valence-corrected chi connectivity index (χ2v) is 6.99. The minimum atomic E-state index is 0.772. The molecule has 112 valence electrons. The van der Waals surface area contributed by atoms with Gasteiger partial charge in [0, 0.05) is 5.02 Å². The zero-order chi connectivity index (χ0) is 17.4. The van der Waals surface area contributed by atoms with E-state index >= 15 is 0 Å². The van der Waals surface area contributed by atoms with E-state index in [9.17, 15) is 0 Å². The van der Waals surface area contributed by atoms with E-state index in [1.165, 1.54) is 49.6 Å². The molecule has 0 heterocycles. The molecule has 3 aromatic carbocycles. The van der Waals surface area contributed by atoms with Gasteiger partial charge in [0.15, 0.2) is 0 Å². The van der Waals surface area contributed by atoms with Gasteiger partial charge in [-0.1, -0.05) is 58.9 Å². The lowest BCUT2D eigenvalue weighted by Gasteiger charge is -2.22. The number of rotatable bonds is 2. The van der Waals surface area contributed by atoms with E-state index in [0.29, 0.717) is 0 Å². The molecule has 0 atom stereocenters. The summed E-state index contributed by atoms with van der Waals surface area (Å²) in [5.74, 6) is 0. The van der Waals surface area contributed by atoms with Crippen LogP contribution in [-0.2, 0) is 0 Å². The lowest BCUT2D eigenvalue weighted by molar-refractivity contribution is 1.61. The van der Waals surface area contributed by atoms with Crippen molar-refractivity contribution in [1.82, 2.24) is 0 Å². The molecule has 0 bridgehead atoms. The molecule has 0 saturated heterocycles. The SMILES string of the molecule is Bc1c(B)c(B)c(-c2ccc(Cl)cc2-c2ccccc2)c(B)c1B. The molecule has 0 aliphatic carbocycles. The molecule has 24 heavy (non-hydrogen) atoms. The van der Waals surface area contributed by atoms with E-state index in [4.69, 9.17) is 11.6 Å². The summed E-state index contributed by atoms with van der Waals surface area (Å²) in [7, 11) is 11.1. The molecule has 0 N–H and O–H groups in total. The van der Waals surface area contributed by atoms with Crippen LogP contribution >= 0.6 is 11.6 Å². The van der Waals surface area contributed by atoms with Gasteiger partial charge >= 0.3 is 0 Å². The van der Waals surface area contributed by atoms with Crippen LogP contribution in [0, 0.1) is 0 Å². The highest BCUT2D eigenvalue weighted by Crippen LogP contribution is 2.32. The van der Waals surface area contributed by atoms with Gasteiger partial charge in [0.2, 0.25) is 0 Å². The van der Waals surface area contributed by atoms with Crippen molar-refractivity contribution in [2.45, 2.75) is 0 Å². The third-order valence-corrected chi connectivity index (χ3v) is 5.57. The van der Waals surface area contributed by atoms with Crippen molar-refractivity contribution in [3.63, 3.8) is 0 Å². The van der Waals surface area contributed by atoms with Gasteiger partial charge in [-0.2, -0.15) is 0 Å². The van der Waals surface area contributed by atoms with E-state index in [1.54, 1.807) is 0 Å². The van der Waals surface area contributed by atoms with Crippen LogP contribution in [0.25, 0.3) is 22.3 Å². The van der Waals surface area contributed by atoms with Gasteiger partial charge < -0.3 is 0 Å². The predicted molar refractivity (Wildman–Crippen MR) is 123 cm³/mol. The Hall–Kier alpha value is -1.73. The number of hydrogen-bond acceptors (Lipinski definition) is 0. The molecule has 0 nitrogen and oxygen atoms in total. The molecule has 0 unspecified atom stereocenters. The molecule has 0 aromatic heterocycles. The topological polar surface area (TPSA) is 0 Å². The van der Waals surface area contributed by atoms with Gasteiger partial charge in [0.25, 0.3) is 0 Å². The number of benzene rings is 3. The van der Waals surface area contributed by atoms with Crippen molar-refractivity contribution in [1.29, 1.82) is 0 Å². The first kappa shape index (κ1) is 17.1. The Bertz CT molecular complexity index is 893. The zero-order valence-corrected chi connectivity index (χ0v) is 15.8. The summed E-state index contributed by atoms with van der Waals surface area (Å²) < 4.78 is 0. The van der Waals surface area contributed by atoms with Crippen molar-refractivity contribution >= 4 is 78.1 Å². The minimum absolute atomic E-state index is 0.772. The third-order valence-electron chi connectivity index (χ3n) is 5.34. The summed E-state index contributed by atoms with van der Waals surface area (Å²) >= 11 is 6.32. The van der Waals surface area contributed by atoms with E-state index in [1.807, 2.05) is 12.1 Å². The van der Waals surface area contributed by atoms with Gasteiger partial charge in [-0.3, -0.25) is 0 Å². The van der Waals surface area contributed by atoms with Gasteiger partial charge in [-0.05, 0) is 34.4 Å². The zero-order valence-electron chi connectivity index (χ0n) is 15.0. The Morgan fingerprint density at radius 1 is 0.583 bits per heavy atom. The lowest BCUT2D eigenvalue weighted by atomic mass is 9.59. The maximum atomic E-state index is 6.32. The first-order valence-corrected chi connectivity index (χ1v) is 8.72. The summed E-state index contributed by atoms with van der Waals surface area (Å²) in [5.41, 5.74) is 11.8. The first-order valence-electron chi connectivity index (χ1n) is 8.34. The van der Waals surface area contributed by atoms with E-state index in [-0.39, 0.29) is 0 Å². The van der Waals surface area contributed by atoms with Gasteiger partial charge in [0.1, 0.15) is 39.2 Å². The molecule has 3 aromatic rings. The normalized spacial score (nSPS) is 10.7. The van der Waals surface area contributed by atoms with Gasteiger partial charge in [-0.15, -0.1) is 16.4 Å². The Kier molecular flexibility index (Phi) is 4.74. The van der Waals surface area contributed by atoms with Crippen molar-refractivity contribution in [3.8, 4) is 22.3 Å². The molecule has 0 fully saturated rings. The summed E-state index contributed by atoms with van der Waals surface area (Å²) in [6, 6.07) is 16.7. The Labute approximate surface area is 154 Å². The predicted octanol–water partition coefficient (Wildman–Crippen LogP) is -3.03. The summed E-state index contributed by atoms with van der Waals surface area (Å²) in [6.07, 6.45) is 0. The fourth-order valence-corrected chi connectivity index (χ4v) is 3.67. The molecule has 6 heteroatoms. The molecule has 0 spiro atoms. The number of hydrogen-bond donors (Lipinski definition) is 0. The van der Waals surface area contributed by atoms with Crippen LogP contribution in [0.15, 0.2) is 48.5 Å². The quantitative estimate of drug-likeness (QED) is 0.440.